The summed E-state index contributed by atoms with van der Waals surface area (Å²) < 4.78 is 88.4. The summed E-state index contributed by atoms with van der Waals surface area (Å²) in [6.07, 6.45) is -3.66. The average Bonchev–Trinajstić information content (AvgIpc) is 2.77. The molecule has 34 heavy (non-hydrogen) atoms. The van der Waals surface area contributed by atoms with Crippen LogP contribution in [0.5, 0.6) is 11.5 Å². The fraction of sp³-hybridized carbons (Fsp3) is 0.130. The first-order chi connectivity index (χ1) is 16.1. The van der Waals surface area contributed by atoms with Crippen LogP contribution in [-0.4, -0.2) is 9.55 Å². The maximum Gasteiger partial charge on any atom is 0.419 e. The van der Waals surface area contributed by atoms with Gasteiger partial charge in [0, 0.05) is 24.2 Å². The van der Waals surface area contributed by atoms with Crippen molar-refractivity contribution in [3.05, 3.63) is 99.4 Å². The highest BCUT2D eigenvalue weighted by Gasteiger charge is 2.35. The molecule has 0 atom stereocenters. The summed E-state index contributed by atoms with van der Waals surface area (Å²) >= 11 is 0. The van der Waals surface area contributed by atoms with Gasteiger partial charge in [-0.2, -0.15) is 18.2 Å². The number of hydrogen-bond acceptors (Lipinski definition) is 4. The van der Waals surface area contributed by atoms with Gasteiger partial charge in [-0.05, 0) is 35.9 Å². The molecular weight excluding hydrogens is 464 g/mol. The number of nitrogens with zero attached hydrogens (tertiary/aromatic N) is 2. The van der Waals surface area contributed by atoms with E-state index in [1.165, 1.54) is 28.8 Å². The van der Waals surface area contributed by atoms with Gasteiger partial charge in [0.1, 0.15) is 29.0 Å². The van der Waals surface area contributed by atoms with Crippen molar-refractivity contribution >= 4 is 10.9 Å². The van der Waals surface area contributed by atoms with Crippen molar-refractivity contribution in [3.63, 3.8) is 0 Å². The van der Waals surface area contributed by atoms with Gasteiger partial charge in [-0.3, -0.25) is 4.79 Å². The Morgan fingerprint density at radius 3 is 2.32 bits per heavy atom. The molecular formula is C23H15F6N3O2. The molecule has 0 aliphatic carbocycles. The summed E-state index contributed by atoms with van der Waals surface area (Å²) in [6.45, 7) is -0.513. The zero-order valence-electron chi connectivity index (χ0n) is 17.2. The van der Waals surface area contributed by atoms with Crippen LogP contribution in [0.4, 0.5) is 26.3 Å². The molecule has 4 rings (SSSR count). The van der Waals surface area contributed by atoms with Crippen LogP contribution >= 0.6 is 0 Å². The summed E-state index contributed by atoms with van der Waals surface area (Å²) in [5.41, 5.74) is 3.64. The van der Waals surface area contributed by atoms with E-state index < -0.39 is 52.6 Å². The molecule has 0 amide bonds. The number of benzene rings is 3. The molecule has 0 fully saturated rings. The van der Waals surface area contributed by atoms with Gasteiger partial charge in [0.2, 0.25) is 0 Å². The third kappa shape index (κ3) is 4.60. The van der Waals surface area contributed by atoms with Gasteiger partial charge in [0.25, 0.3) is 5.56 Å². The van der Waals surface area contributed by atoms with Crippen molar-refractivity contribution in [2.75, 3.05) is 0 Å². The lowest BCUT2D eigenvalue weighted by Gasteiger charge is -2.16. The van der Waals surface area contributed by atoms with Gasteiger partial charge in [-0.1, -0.05) is 6.07 Å². The molecule has 2 N–H and O–H groups in total. The molecule has 4 aromatic rings. The van der Waals surface area contributed by atoms with E-state index in [0.29, 0.717) is 12.1 Å². The predicted octanol–water partition coefficient (Wildman–Crippen LogP) is 5.13. The highest BCUT2D eigenvalue weighted by atomic mass is 19.4. The zero-order valence-corrected chi connectivity index (χ0v) is 17.2. The van der Waals surface area contributed by atoms with Crippen molar-refractivity contribution in [2.24, 2.45) is 5.73 Å². The van der Waals surface area contributed by atoms with Crippen molar-refractivity contribution < 1.29 is 31.1 Å². The molecule has 0 saturated heterocycles. The molecule has 0 radical (unpaired) electrons. The Kier molecular flexibility index (Phi) is 6.05. The van der Waals surface area contributed by atoms with Crippen LogP contribution < -0.4 is 16.0 Å². The standard InChI is InChI=1S/C23H15F6N3O2/c24-13-6-18(25)16(19(26)7-13)10-32-11-31-22(33)15-8-14(2-3-20(15)32)34-21-4-1-12(9-30)5-17(21)23(27,28)29/h1-8,11H,9-10,30H2. The molecule has 0 saturated carbocycles. The van der Waals surface area contributed by atoms with Crippen LogP contribution in [0.2, 0.25) is 0 Å². The molecule has 1 heterocycles. The highest BCUT2D eigenvalue weighted by molar-refractivity contribution is 5.79. The van der Waals surface area contributed by atoms with Crippen LogP contribution in [0.25, 0.3) is 10.9 Å². The Balaban J connectivity index is 1.74. The predicted molar refractivity (Wildman–Crippen MR) is 111 cm³/mol. The van der Waals surface area contributed by atoms with E-state index in [1.807, 2.05) is 0 Å². The minimum Gasteiger partial charge on any atom is -0.457 e. The van der Waals surface area contributed by atoms with Crippen LogP contribution in [-0.2, 0) is 19.3 Å². The van der Waals surface area contributed by atoms with E-state index in [9.17, 15) is 31.1 Å². The molecule has 0 aliphatic heterocycles. The summed E-state index contributed by atoms with van der Waals surface area (Å²) in [6, 6.07) is 8.24. The van der Waals surface area contributed by atoms with Gasteiger partial charge in [0.15, 0.2) is 0 Å². The van der Waals surface area contributed by atoms with Gasteiger partial charge < -0.3 is 15.0 Å². The first-order valence-electron chi connectivity index (χ1n) is 9.77. The average molecular weight is 479 g/mol. The largest absolute Gasteiger partial charge is 0.457 e. The Morgan fingerprint density at radius 2 is 1.68 bits per heavy atom. The molecule has 0 aliphatic rings. The number of aromatic nitrogens is 2. The summed E-state index contributed by atoms with van der Waals surface area (Å²) in [5.74, 6) is -3.91. The minimum atomic E-state index is -4.71. The zero-order chi connectivity index (χ0) is 24.6. The van der Waals surface area contributed by atoms with Crippen LogP contribution in [0.15, 0.2) is 59.7 Å². The maximum atomic E-state index is 14.1. The quantitative estimate of drug-likeness (QED) is 0.403. The maximum absolute atomic E-state index is 14.1. The van der Waals surface area contributed by atoms with Crippen molar-refractivity contribution in [3.8, 4) is 11.5 Å². The van der Waals surface area contributed by atoms with Gasteiger partial charge in [-0.15, -0.1) is 0 Å². The lowest BCUT2D eigenvalue weighted by molar-refractivity contribution is -0.138. The van der Waals surface area contributed by atoms with E-state index in [-0.39, 0.29) is 28.8 Å². The molecule has 0 bridgehead atoms. The number of rotatable bonds is 5. The summed E-state index contributed by atoms with van der Waals surface area (Å²) in [4.78, 5) is 16.0. The van der Waals surface area contributed by atoms with E-state index in [2.05, 4.69) is 4.98 Å². The van der Waals surface area contributed by atoms with Crippen LogP contribution in [0.1, 0.15) is 16.7 Å². The third-order valence-electron chi connectivity index (χ3n) is 5.07. The number of nitrogens with two attached hydrogens (primary N) is 1. The number of fused-ring (bicyclic) bond motifs is 1. The van der Waals surface area contributed by atoms with Crippen molar-refractivity contribution in [1.82, 2.24) is 9.55 Å². The first-order valence-corrected chi connectivity index (χ1v) is 9.77. The Hall–Kier alpha value is -3.86. The smallest absolute Gasteiger partial charge is 0.419 e. The lowest BCUT2D eigenvalue weighted by Crippen LogP contribution is -2.14. The normalized spacial score (nSPS) is 11.7. The molecule has 11 heteroatoms. The fourth-order valence-electron chi connectivity index (χ4n) is 3.42. The van der Waals surface area contributed by atoms with Gasteiger partial charge >= 0.3 is 6.18 Å². The molecule has 5 nitrogen and oxygen atoms in total. The number of hydrogen-bond donors (Lipinski definition) is 1. The Morgan fingerprint density at radius 1 is 0.971 bits per heavy atom. The second-order valence-electron chi connectivity index (χ2n) is 7.34. The van der Waals surface area contributed by atoms with Gasteiger partial charge in [0.05, 0.1) is 29.3 Å². The Labute approximate surface area is 188 Å². The second kappa shape index (κ2) is 8.82. The van der Waals surface area contributed by atoms with E-state index >= 15 is 0 Å². The third-order valence-corrected chi connectivity index (χ3v) is 5.07. The molecule has 0 spiro atoms. The van der Waals surface area contributed by atoms with Crippen LogP contribution in [0.3, 0.4) is 0 Å². The fourth-order valence-corrected chi connectivity index (χ4v) is 3.42. The number of halogens is 6. The molecule has 0 unspecified atom stereocenters. The van der Waals surface area contributed by atoms with E-state index in [1.54, 1.807) is 0 Å². The molecule has 176 valence electrons. The highest BCUT2D eigenvalue weighted by Crippen LogP contribution is 2.39. The van der Waals surface area contributed by atoms with Crippen molar-refractivity contribution in [1.29, 1.82) is 0 Å². The van der Waals surface area contributed by atoms with Crippen molar-refractivity contribution in [2.45, 2.75) is 19.3 Å². The topological polar surface area (TPSA) is 70.1 Å². The lowest BCUT2D eigenvalue weighted by atomic mass is 10.1. The molecule has 1 aromatic heterocycles. The SMILES string of the molecule is NCc1ccc(Oc2ccc3c(c2)c(=O)ncn3Cc2c(F)cc(F)cc2F)c(C(F)(F)F)c1. The minimum absolute atomic E-state index is 0.0601. The number of alkyl halides is 3. The summed E-state index contributed by atoms with van der Waals surface area (Å²) in [7, 11) is 0. The first kappa shape index (κ1) is 23.3. The summed E-state index contributed by atoms with van der Waals surface area (Å²) in [5, 5.41) is -0.0601. The van der Waals surface area contributed by atoms with Gasteiger partial charge in [-0.25, -0.2) is 13.2 Å². The Bertz CT molecular complexity index is 1430. The van der Waals surface area contributed by atoms with E-state index in [4.69, 9.17) is 10.5 Å². The number of ether oxygens (including phenoxy) is 1. The molecule has 3 aromatic carbocycles. The second-order valence-corrected chi connectivity index (χ2v) is 7.34. The monoisotopic (exact) mass is 479 g/mol. The van der Waals surface area contributed by atoms with Crippen LogP contribution in [0, 0.1) is 17.5 Å². The van der Waals surface area contributed by atoms with E-state index in [0.717, 1.165) is 18.5 Å².